The zero-order chi connectivity index (χ0) is 18.9. The van der Waals surface area contributed by atoms with E-state index in [1.807, 2.05) is 17.6 Å². The number of imidazole rings is 1. The average Bonchev–Trinajstić information content (AvgIpc) is 2.96. The van der Waals surface area contributed by atoms with E-state index in [1.165, 1.54) is 36.0 Å². The van der Waals surface area contributed by atoms with Gasteiger partial charge in [0.2, 0.25) is 10.0 Å². The second-order valence-electron chi connectivity index (χ2n) is 5.55. The summed E-state index contributed by atoms with van der Waals surface area (Å²) in [4.78, 5) is 15.0. The normalized spacial score (nSPS) is 11.8. The predicted octanol–water partition coefficient (Wildman–Crippen LogP) is 2.90. The highest BCUT2D eigenvalue weighted by Gasteiger charge is 2.15. The third kappa shape index (κ3) is 3.71. The smallest absolute Gasteiger partial charge is 0.269 e. The Morgan fingerprint density at radius 3 is 2.69 bits per heavy atom. The maximum absolute atomic E-state index is 11.5. The minimum atomic E-state index is -3.79. The third-order valence-corrected chi connectivity index (χ3v) is 5.78. The first-order chi connectivity index (χ1) is 12.3. The van der Waals surface area contributed by atoms with Gasteiger partial charge in [-0.1, -0.05) is 23.9 Å². The second-order valence-corrected chi connectivity index (χ2v) is 8.05. The standard InChI is InChI=1S/C16H16N4O4S2/c1-2-19-15-7-6-13(26(17,23)24)9-14(15)18-16(19)25-10-11-4-3-5-12(8-11)20(21)22/h3-9H,2,10H2,1H3,(H2,17,23,24). The summed E-state index contributed by atoms with van der Waals surface area (Å²) in [5, 5.41) is 16.8. The number of nitrogens with zero attached hydrogens (tertiary/aromatic N) is 3. The third-order valence-electron chi connectivity index (χ3n) is 3.82. The number of benzene rings is 2. The van der Waals surface area contributed by atoms with Gasteiger partial charge in [0.15, 0.2) is 5.16 Å². The van der Waals surface area contributed by atoms with Crippen LogP contribution >= 0.6 is 11.8 Å². The topological polar surface area (TPSA) is 121 Å². The van der Waals surface area contributed by atoms with Crippen molar-refractivity contribution < 1.29 is 13.3 Å². The number of sulfonamides is 1. The van der Waals surface area contributed by atoms with Gasteiger partial charge in [-0.05, 0) is 30.7 Å². The van der Waals surface area contributed by atoms with Gasteiger partial charge in [-0.15, -0.1) is 0 Å². The molecular formula is C16H16N4O4S2. The van der Waals surface area contributed by atoms with E-state index in [-0.39, 0.29) is 10.6 Å². The van der Waals surface area contributed by atoms with Crippen molar-refractivity contribution in [2.24, 2.45) is 5.14 Å². The minimum absolute atomic E-state index is 0.0148. The van der Waals surface area contributed by atoms with E-state index in [1.54, 1.807) is 12.1 Å². The first-order valence-electron chi connectivity index (χ1n) is 7.69. The number of aromatic nitrogens is 2. The SMILES string of the molecule is CCn1c(SCc2cccc([N+](=O)[O-])c2)nc2cc(S(N)(=O)=O)ccc21. The van der Waals surface area contributed by atoms with Gasteiger partial charge in [-0.2, -0.15) is 0 Å². The summed E-state index contributed by atoms with van der Waals surface area (Å²) in [5.74, 6) is 0.507. The average molecular weight is 392 g/mol. The van der Waals surface area contributed by atoms with Crippen molar-refractivity contribution in [3.05, 3.63) is 58.1 Å². The van der Waals surface area contributed by atoms with Crippen LogP contribution < -0.4 is 5.14 Å². The molecule has 1 aromatic heterocycles. The first kappa shape index (κ1) is 18.4. The van der Waals surface area contributed by atoms with Gasteiger partial charge in [-0.3, -0.25) is 10.1 Å². The van der Waals surface area contributed by atoms with Crippen molar-refractivity contribution in [3.8, 4) is 0 Å². The molecule has 0 spiro atoms. The van der Waals surface area contributed by atoms with Crippen LogP contribution in [0.15, 0.2) is 52.5 Å². The number of aryl methyl sites for hydroxylation is 1. The van der Waals surface area contributed by atoms with E-state index in [9.17, 15) is 18.5 Å². The molecule has 136 valence electrons. The van der Waals surface area contributed by atoms with E-state index in [0.717, 1.165) is 11.1 Å². The fourth-order valence-electron chi connectivity index (χ4n) is 2.59. The van der Waals surface area contributed by atoms with E-state index in [4.69, 9.17) is 5.14 Å². The molecule has 0 saturated carbocycles. The molecule has 0 amide bonds. The van der Waals surface area contributed by atoms with Crippen LogP contribution in [0.4, 0.5) is 5.69 Å². The summed E-state index contributed by atoms with van der Waals surface area (Å²) < 4.78 is 25.0. The molecule has 0 fully saturated rings. The van der Waals surface area contributed by atoms with Crippen LogP contribution in [0.2, 0.25) is 0 Å². The molecule has 26 heavy (non-hydrogen) atoms. The molecule has 2 N–H and O–H groups in total. The van der Waals surface area contributed by atoms with Crippen LogP contribution in [0.3, 0.4) is 0 Å². The molecule has 0 aliphatic carbocycles. The van der Waals surface area contributed by atoms with E-state index >= 15 is 0 Å². The van der Waals surface area contributed by atoms with Crippen molar-refractivity contribution in [1.29, 1.82) is 0 Å². The van der Waals surface area contributed by atoms with Gasteiger partial charge in [0, 0.05) is 24.4 Å². The second kappa shape index (κ2) is 7.06. The van der Waals surface area contributed by atoms with Crippen LogP contribution in [-0.2, 0) is 22.3 Å². The van der Waals surface area contributed by atoms with Gasteiger partial charge in [0.05, 0.1) is 20.9 Å². The van der Waals surface area contributed by atoms with Gasteiger partial charge < -0.3 is 4.57 Å². The summed E-state index contributed by atoms with van der Waals surface area (Å²) in [5.41, 5.74) is 2.20. The van der Waals surface area contributed by atoms with Crippen molar-refractivity contribution in [3.63, 3.8) is 0 Å². The molecule has 10 heteroatoms. The molecule has 0 atom stereocenters. The Hall–Kier alpha value is -2.43. The van der Waals surface area contributed by atoms with E-state index < -0.39 is 14.9 Å². The predicted molar refractivity (Wildman–Crippen MR) is 99.4 cm³/mol. The van der Waals surface area contributed by atoms with Gasteiger partial charge in [-0.25, -0.2) is 18.5 Å². The van der Waals surface area contributed by atoms with Crippen molar-refractivity contribution in [2.75, 3.05) is 0 Å². The fourth-order valence-corrected chi connectivity index (χ4v) is 4.14. The lowest BCUT2D eigenvalue weighted by Gasteiger charge is -2.06. The summed E-state index contributed by atoms with van der Waals surface area (Å²) in [6.07, 6.45) is 0. The zero-order valence-corrected chi connectivity index (χ0v) is 15.5. The highest BCUT2D eigenvalue weighted by Crippen LogP contribution is 2.28. The molecule has 8 nitrogen and oxygen atoms in total. The van der Waals surface area contributed by atoms with Crippen LogP contribution in [0.1, 0.15) is 12.5 Å². The Morgan fingerprint density at radius 1 is 1.27 bits per heavy atom. The number of thioether (sulfide) groups is 1. The quantitative estimate of drug-likeness (QED) is 0.391. The van der Waals surface area contributed by atoms with Gasteiger partial charge >= 0.3 is 0 Å². The lowest BCUT2D eigenvalue weighted by atomic mass is 10.2. The van der Waals surface area contributed by atoms with Crippen molar-refractivity contribution in [2.45, 2.75) is 29.3 Å². The molecule has 1 heterocycles. The molecule has 2 aromatic carbocycles. The molecule has 3 rings (SSSR count). The summed E-state index contributed by atoms with van der Waals surface area (Å²) in [7, 11) is -3.79. The van der Waals surface area contributed by atoms with Crippen LogP contribution in [0.5, 0.6) is 0 Å². The van der Waals surface area contributed by atoms with Crippen LogP contribution in [0.25, 0.3) is 11.0 Å². The Morgan fingerprint density at radius 2 is 2.04 bits per heavy atom. The number of rotatable bonds is 6. The van der Waals surface area contributed by atoms with Gasteiger partial charge in [0.25, 0.3) is 5.69 Å². The minimum Gasteiger partial charge on any atom is -0.319 e. The number of hydrogen-bond donors (Lipinski definition) is 1. The summed E-state index contributed by atoms with van der Waals surface area (Å²) >= 11 is 1.43. The van der Waals surface area contributed by atoms with Crippen LogP contribution in [0, 0.1) is 10.1 Å². The monoisotopic (exact) mass is 392 g/mol. The largest absolute Gasteiger partial charge is 0.319 e. The molecule has 3 aromatic rings. The molecule has 0 saturated heterocycles. The molecular weight excluding hydrogens is 376 g/mol. The number of hydrogen-bond acceptors (Lipinski definition) is 6. The van der Waals surface area contributed by atoms with Crippen molar-refractivity contribution in [1.82, 2.24) is 9.55 Å². The lowest BCUT2D eigenvalue weighted by Crippen LogP contribution is -2.11. The van der Waals surface area contributed by atoms with Gasteiger partial charge in [0.1, 0.15) is 0 Å². The Kier molecular flexibility index (Phi) is 4.99. The highest BCUT2D eigenvalue weighted by molar-refractivity contribution is 7.98. The first-order valence-corrected chi connectivity index (χ1v) is 10.2. The summed E-state index contributed by atoms with van der Waals surface area (Å²) in [6.45, 7) is 2.62. The Balaban J connectivity index is 1.92. The Labute approximate surface area is 154 Å². The number of nitro groups is 1. The van der Waals surface area contributed by atoms with E-state index in [2.05, 4.69) is 4.98 Å². The number of primary sulfonamides is 1. The number of nitro benzene ring substituents is 1. The maximum Gasteiger partial charge on any atom is 0.269 e. The van der Waals surface area contributed by atoms with Crippen LogP contribution in [-0.4, -0.2) is 22.9 Å². The molecule has 0 aliphatic rings. The van der Waals surface area contributed by atoms with Crippen molar-refractivity contribution >= 4 is 38.5 Å². The highest BCUT2D eigenvalue weighted by atomic mass is 32.2. The molecule has 0 bridgehead atoms. The fraction of sp³-hybridized carbons (Fsp3) is 0.188. The number of non-ortho nitro benzene ring substituents is 1. The number of fused-ring (bicyclic) bond motifs is 1. The summed E-state index contributed by atoms with van der Waals surface area (Å²) in [6, 6.07) is 11.0. The zero-order valence-electron chi connectivity index (χ0n) is 13.8. The lowest BCUT2D eigenvalue weighted by molar-refractivity contribution is -0.384. The Bertz CT molecular complexity index is 1090. The molecule has 0 aliphatic heterocycles. The molecule has 0 radical (unpaired) electrons. The van der Waals surface area contributed by atoms with E-state index in [0.29, 0.717) is 23.0 Å². The molecule has 0 unspecified atom stereocenters. The number of nitrogens with two attached hydrogens (primary N) is 1. The maximum atomic E-state index is 11.5.